The summed E-state index contributed by atoms with van der Waals surface area (Å²) in [6, 6.07) is 8.60. The van der Waals surface area contributed by atoms with E-state index >= 15 is 0 Å². The van der Waals surface area contributed by atoms with E-state index in [1.165, 1.54) is 16.2 Å². The van der Waals surface area contributed by atoms with Crippen LogP contribution in [0.3, 0.4) is 0 Å². The molecule has 0 radical (unpaired) electrons. The summed E-state index contributed by atoms with van der Waals surface area (Å²) >= 11 is 2.29. The number of carbonyl (C=O) groups is 1. The second-order valence-corrected chi connectivity index (χ2v) is 5.36. The second kappa shape index (κ2) is 5.60. The number of hydrogen-bond acceptors (Lipinski definition) is 4. The summed E-state index contributed by atoms with van der Waals surface area (Å²) in [6.45, 7) is 2.73. The van der Waals surface area contributed by atoms with Crippen molar-refractivity contribution in [2.24, 2.45) is 0 Å². The van der Waals surface area contributed by atoms with E-state index in [0.29, 0.717) is 12.4 Å². The molecule has 1 aliphatic heterocycles. The number of nitrogens with zero attached hydrogens (tertiary/aromatic N) is 1. The van der Waals surface area contributed by atoms with E-state index in [-0.39, 0.29) is 12.0 Å². The van der Waals surface area contributed by atoms with Crippen molar-refractivity contribution in [3.63, 3.8) is 0 Å². The summed E-state index contributed by atoms with van der Waals surface area (Å²) in [5.41, 5.74) is 1.73. The predicted octanol–water partition coefficient (Wildman–Crippen LogP) is 2.23. The van der Waals surface area contributed by atoms with Crippen LogP contribution in [0.2, 0.25) is 0 Å². The maximum absolute atomic E-state index is 11.4. The van der Waals surface area contributed by atoms with Crippen LogP contribution in [-0.2, 0) is 9.53 Å². The van der Waals surface area contributed by atoms with Crippen LogP contribution in [0.1, 0.15) is 18.5 Å². The van der Waals surface area contributed by atoms with E-state index < -0.39 is 0 Å². The van der Waals surface area contributed by atoms with Crippen molar-refractivity contribution < 1.29 is 9.53 Å². The monoisotopic (exact) mass is 358 g/mol. The van der Waals surface area contributed by atoms with Crippen molar-refractivity contribution in [1.29, 1.82) is 0 Å². The highest BCUT2D eigenvalue weighted by molar-refractivity contribution is 14.1. The molecule has 96 valence electrons. The van der Waals surface area contributed by atoms with Crippen LogP contribution in [0.4, 0.5) is 0 Å². The Balaban J connectivity index is 2.11. The molecule has 5 heteroatoms. The predicted molar refractivity (Wildman–Crippen MR) is 77.5 cm³/mol. The van der Waals surface area contributed by atoms with Crippen LogP contribution in [-0.4, -0.2) is 24.6 Å². The van der Waals surface area contributed by atoms with Crippen molar-refractivity contribution in [1.82, 2.24) is 10.2 Å². The molecule has 0 aromatic heterocycles. The third-order valence-corrected chi connectivity index (χ3v) is 3.72. The van der Waals surface area contributed by atoms with Gasteiger partial charge in [0.15, 0.2) is 0 Å². The number of ether oxygens (including phenoxy) is 1. The summed E-state index contributed by atoms with van der Waals surface area (Å²) in [6.07, 6.45) is 1.81. The smallest absolute Gasteiger partial charge is 0.355 e. The van der Waals surface area contributed by atoms with Crippen LogP contribution in [0.15, 0.2) is 36.2 Å². The number of rotatable bonds is 3. The van der Waals surface area contributed by atoms with Gasteiger partial charge in [-0.1, -0.05) is 12.1 Å². The normalized spacial score (nSPS) is 15.9. The summed E-state index contributed by atoms with van der Waals surface area (Å²) in [5.74, 6) is -0.327. The maximum atomic E-state index is 11.4. The first-order valence-corrected chi connectivity index (χ1v) is 6.75. The number of esters is 1. The molecular formula is C13H15IN2O2. The van der Waals surface area contributed by atoms with Gasteiger partial charge in [0.25, 0.3) is 0 Å². The molecule has 4 nitrogen and oxygen atoms in total. The summed E-state index contributed by atoms with van der Waals surface area (Å²) < 4.78 is 5.90. The van der Waals surface area contributed by atoms with Crippen LogP contribution >= 0.6 is 22.6 Å². The first-order chi connectivity index (χ1) is 8.61. The number of benzene rings is 1. The van der Waals surface area contributed by atoms with Gasteiger partial charge in [0.05, 0.1) is 19.8 Å². The van der Waals surface area contributed by atoms with Gasteiger partial charge in [0.1, 0.15) is 5.70 Å². The van der Waals surface area contributed by atoms with Crippen LogP contribution in [0, 0.1) is 3.57 Å². The van der Waals surface area contributed by atoms with Gasteiger partial charge in [-0.05, 0) is 47.2 Å². The van der Waals surface area contributed by atoms with Gasteiger partial charge in [-0.2, -0.15) is 0 Å². The molecular weight excluding hydrogens is 343 g/mol. The molecule has 2 rings (SSSR count). The molecule has 1 aliphatic rings. The van der Waals surface area contributed by atoms with Gasteiger partial charge in [-0.15, -0.1) is 0 Å². The molecule has 0 saturated carbocycles. The highest BCUT2D eigenvalue weighted by Gasteiger charge is 2.22. The molecule has 0 fully saturated rings. The van der Waals surface area contributed by atoms with Crippen molar-refractivity contribution in [2.45, 2.75) is 13.0 Å². The van der Waals surface area contributed by atoms with Crippen molar-refractivity contribution in [3.05, 3.63) is 45.3 Å². The maximum Gasteiger partial charge on any atom is 0.355 e. The zero-order chi connectivity index (χ0) is 13.1. The minimum atomic E-state index is -0.327. The van der Waals surface area contributed by atoms with Crippen LogP contribution in [0.25, 0.3) is 0 Å². The fraction of sp³-hybridized carbons (Fsp3) is 0.308. The molecule has 18 heavy (non-hydrogen) atoms. The lowest BCUT2D eigenvalue weighted by Crippen LogP contribution is -2.25. The Morgan fingerprint density at radius 2 is 2.11 bits per heavy atom. The number of halogens is 1. The van der Waals surface area contributed by atoms with Crippen LogP contribution < -0.4 is 5.32 Å². The second-order valence-electron chi connectivity index (χ2n) is 4.11. The minimum absolute atomic E-state index is 0.219. The van der Waals surface area contributed by atoms with Crippen molar-refractivity contribution in [3.8, 4) is 0 Å². The average Bonchev–Trinajstić information content (AvgIpc) is 2.87. The standard InChI is InChI=1S/C13H15IN2O2/c1-9(10-3-5-11(14)6-4-10)16-7-12(15-8-16)13(17)18-2/h3-7,9,15H,8H2,1-2H3/t9-/m1/s1. The molecule has 0 aliphatic carbocycles. The Labute approximate surface area is 120 Å². The molecule has 1 aromatic rings. The molecule has 0 amide bonds. The molecule has 0 bridgehead atoms. The topological polar surface area (TPSA) is 41.6 Å². The first kappa shape index (κ1) is 13.2. The van der Waals surface area contributed by atoms with E-state index in [4.69, 9.17) is 0 Å². The lowest BCUT2D eigenvalue weighted by molar-refractivity contribution is -0.136. The summed E-state index contributed by atoms with van der Waals surface area (Å²) in [4.78, 5) is 13.5. The third kappa shape index (κ3) is 2.77. The van der Waals surface area contributed by atoms with Gasteiger partial charge < -0.3 is 15.0 Å². The van der Waals surface area contributed by atoms with E-state index in [0.717, 1.165) is 0 Å². The summed E-state index contributed by atoms with van der Waals surface area (Å²) in [7, 11) is 1.38. The van der Waals surface area contributed by atoms with Gasteiger partial charge in [0, 0.05) is 9.77 Å². The Hall–Kier alpha value is -1.24. The molecule has 1 heterocycles. The van der Waals surface area contributed by atoms with E-state index in [2.05, 4.69) is 68.7 Å². The van der Waals surface area contributed by atoms with Gasteiger partial charge in [-0.3, -0.25) is 0 Å². The van der Waals surface area contributed by atoms with Crippen molar-refractivity contribution in [2.75, 3.05) is 13.8 Å². The zero-order valence-electron chi connectivity index (χ0n) is 10.3. The highest BCUT2D eigenvalue weighted by atomic mass is 127. The molecule has 1 N–H and O–H groups in total. The minimum Gasteiger partial charge on any atom is -0.464 e. The lowest BCUT2D eigenvalue weighted by Gasteiger charge is -2.23. The number of hydrogen-bond donors (Lipinski definition) is 1. The largest absolute Gasteiger partial charge is 0.464 e. The first-order valence-electron chi connectivity index (χ1n) is 5.67. The number of carbonyl (C=O) groups excluding carboxylic acids is 1. The third-order valence-electron chi connectivity index (χ3n) is 3.00. The Morgan fingerprint density at radius 3 is 2.72 bits per heavy atom. The van der Waals surface area contributed by atoms with Crippen molar-refractivity contribution >= 4 is 28.6 Å². The average molecular weight is 358 g/mol. The van der Waals surface area contributed by atoms with E-state index in [9.17, 15) is 4.79 Å². The fourth-order valence-corrected chi connectivity index (χ4v) is 2.21. The Bertz CT molecular complexity index is 470. The van der Waals surface area contributed by atoms with Gasteiger partial charge in [-0.25, -0.2) is 4.79 Å². The molecule has 1 aromatic carbocycles. The SMILES string of the molecule is COC(=O)C1=CN([C@H](C)c2ccc(I)cc2)CN1. The lowest BCUT2D eigenvalue weighted by atomic mass is 10.1. The number of nitrogens with one attached hydrogen (secondary N) is 1. The molecule has 0 unspecified atom stereocenters. The van der Waals surface area contributed by atoms with Gasteiger partial charge >= 0.3 is 5.97 Å². The van der Waals surface area contributed by atoms with E-state index in [1.807, 2.05) is 6.20 Å². The quantitative estimate of drug-likeness (QED) is 0.665. The highest BCUT2D eigenvalue weighted by Crippen LogP contribution is 2.23. The van der Waals surface area contributed by atoms with Crippen LogP contribution in [0.5, 0.6) is 0 Å². The Morgan fingerprint density at radius 1 is 1.44 bits per heavy atom. The number of methoxy groups -OCH3 is 1. The molecule has 0 saturated heterocycles. The molecule has 1 atom stereocenters. The molecule has 0 spiro atoms. The van der Waals surface area contributed by atoms with Gasteiger partial charge in [0.2, 0.25) is 0 Å². The van der Waals surface area contributed by atoms with E-state index in [1.54, 1.807) is 0 Å². The summed E-state index contributed by atoms with van der Waals surface area (Å²) in [5, 5.41) is 3.03. The zero-order valence-corrected chi connectivity index (χ0v) is 12.5. The fourth-order valence-electron chi connectivity index (χ4n) is 1.85. The Kier molecular flexibility index (Phi) is 4.11.